The standard InChI is InChI=1S/C18H18ClNO2/c19-10-15-13-6-8-16(20)18(21)14(13)7-9-17(15)22-11-12-4-2-1-3-5-12/h1-5,7,9,16H,6,8,10-11,20H2. The van der Waals surface area contributed by atoms with Crippen molar-refractivity contribution < 1.29 is 9.53 Å². The quantitative estimate of drug-likeness (QED) is 0.879. The first-order valence-electron chi connectivity index (χ1n) is 7.38. The number of carbonyl (C=O) groups is 1. The van der Waals surface area contributed by atoms with Crippen LogP contribution >= 0.6 is 11.6 Å². The van der Waals surface area contributed by atoms with Crippen molar-refractivity contribution in [3.05, 3.63) is 64.7 Å². The van der Waals surface area contributed by atoms with E-state index in [9.17, 15) is 4.79 Å². The summed E-state index contributed by atoms with van der Waals surface area (Å²) in [6, 6.07) is 13.2. The molecule has 4 heteroatoms. The third-order valence-electron chi connectivity index (χ3n) is 4.07. The van der Waals surface area contributed by atoms with Crippen LogP contribution in [-0.4, -0.2) is 11.8 Å². The molecule has 1 aliphatic carbocycles. The monoisotopic (exact) mass is 315 g/mol. The van der Waals surface area contributed by atoms with Crippen LogP contribution in [0.25, 0.3) is 0 Å². The molecule has 0 aromatic heterocycles. The number of hydrogen-bond acceptors (Lipinski definition) is 3. The molecular formula is C18H18ClNO2. The van der Waals surface area contributed by atoms with Crippen molar-refractivity contribution >= 4 is 17.4 Å². The number of nitrogens with two attached hydrogens (primary N) is 1. The fraction of sp³-hybridized carbons (Fsp3) is 0.278. The van der Waals surface area contributed by atoms with Crippen molar-refractivity contribution in [1.29, 1.82) is 0 Å². The van der Waals surface area contributed by atoms with Crippen molar-refractivity contribution in [1.82, 2.24) is 0 Å². The molecule has 22 heavy (non-hydrogen) atoms. The molecule has 2 aromatic rings. The molecule has 0 saturated carbocycles. The van der Waals surface area contributed by atoms with Crippen LogP contribution in [0.1, 0.15) is 33.5 Å². The molecule has 0 amide bonds. The first-order chi connectivity index (χ1) is 10.7. The zero-order chi connectivity index (χ0) is 15.5. The lowest BCUT2D eigenvalue weighted by Crippen LogP contribution is -2.35. The predicted octanol–water partition coefficient (Wildman–Crippen LogP) is 3.46. The summed E-state index contributed by atoms with van der Waals surface area (Å²) in [5, 5.41) is 0. The highest BCUT2D eigenvalue weighted by Gasteiger charge is 2.27. The van der Waals surface area contributed by atoms with Gasteiger partial charge in [0.1, 0.15) is 12.4 Å². The molecule has 0 aliphatic heterocycles. The molecule has 114 valence electrons. The Bertz CT molecular complexity index is 685. The van der Waals surface area contributed by atoms with Gasteiger partial charge in [0, 0.05) is 11.1 Å². The van der Waals surface area contributed by atoms with Gasteiger partial charge in [-0.15, -0.1) is 11.6 Å². The molecule has 0 spiro atoms. The van der Waals surface area contributed by atoms with Crippen LogP contribution in [0.15, 0.2) is 42.5 Å². The average molecular weight is 316 g/mol. The summed E-state index contributed by atoms with van der Waals surface area (Å²) in [7, 11) is 0. The summed E-state index contributed by atoms with van der Waals surface area (Å²) < 4.78 is 5.92. The van der Waals surface area contributed by atoms with E-state index < -0.39 is 6.04 Å². The van der Waals surface area contributed by atoms with E-state index in [4.69, 9.17) is 22.1 Å². The van der Waals surface area contributed by atoms with E-state index in [1.165, 1.54) is 0 Å². The Labute approximate surface area is 135 Å². The molecule has 1 atom stereocenters. The minimum absolute atomic E-state index is 0.00206. The topological polar surface area (TPSA) is 52.3 Å². The molecule has 0 fully saturated rings. The van der Waals surface area contributed by atoms with Crippen molar-refractivity contribution in [2.24, 2.45) is 5.73 Å². The Morgan fingerprint density at radius 2 is 1.95 bits per heavy atom. The van der Waals surface area contributed by atoms with Crippen LogP contribution in [0.2, 0.25) is 0 Å². The molecule has 1 aliphatic rings. The van der Waals surface area contributed by atoms with Crippen LogP contribution in [0.3, 0.4) is 0 Å². The van der Waals surface area contributed by atoms with Gasteiger partial charge in [0.15, 0.2) is 5.78 Å². The molecule has 0 saturated heterocycles. The third-order valence-corrected chi connectivity index (χ3v) is 4.33. The van der Waals surface area contributed by atoms with E-state index >= 15 is 0 Å². The van der Waals surface area contributed by atoms with E-state index in [-0.39, 0.29) is 5.78 Å². The molecule has 3 nitrogen and oxygen atoms in total. The number of ether oxygens (including phenoxy) is 1. The highest BCUT2D eigenvalue weighted by Crippen LogP contribution is 2.32. The third kappa shape index (κ3) is 2.87. The summed E-state index contributed by atoms with van der Waals surface area (Å²) >= 11 is 6.11. The highest BCUT2D eigenvalue weighted by molar-refractivity contribution is 6.17. The molecule has 0 bridgehead atoms. The van der Waals surface area contributed by atoms with Gasteiger partial charge in [0.2, 0.25) is 0 Å². The first-order valence-corrected chi connectivity index (χ1v) is 7.91. The Balaban J connectivity index is 1.88. The molecule has 0 radical (unpaired) electrons. The summed E-state index contributed by atoms with van der Waals surface area (Å²) in [5.74, 6) is 1.08. The van der Waals surface area contributed by atoms with E-state index in [1.54, 1.807) is 0 Å². The number of hydrogen-bond donors (Lipinski definition) is 1. The fourth-order valence-corrected chi connectivity index (χ4v) is 3.13. The largest absolute Gasteiger partial charge is 0.489 e. The van der Waals surface area contributed by atoms with Crippen molar-refractivity contribution in [3.8, 4) is 5.75 Å². The van der Waals surface area contributed by atoms with Gasteiger partial charge < -0.3 is 10.5 Å². The second-order valence-corrected chi connectivity index (χ2v) is 5.75. The number of alkyl halides is 1. The molecule has 0 heterocycles. The van der Waals surface area contributed by atoms with Crippen LogP contribution < -0.4 is 10.5 Å². The lowest BCUT2D eigenvalue weighted by Gasteiger charge is -2.24. The summed E-state index contributed by atoms with van der Waals surface area (Å²) in [5.41, 5.74) is 9.54. The second-order valence-electron chi connectivity index (χ2n) is 5.49. The van der Waals surface area contributed by atoms with Crippen molar-refractivity contribution in [2.75, 3.05) is 0 Å². The summed E-state index contributed by atoms with van der Waals surface area (Å²) in [6.45, 7) is 0.483. The van der Waals surface area contributed by atoms with E-state index in [1.807, 2.05) is 42.5 Å². The van der Waals surface area contributed by atoms with E-state index in [0.29, 0.717) is 24.5 Å². The van der Waals surface area contributed by atoms with Crippen molar-refractivity contribution in [2.45, 2.75) is 31.4 Å². The maximum atomic E-state index is 12.2. The Kier molecular flexibility index (Phi) is 4.46. The summed E-state index contributed by atoms with van der Waals surface area (Å²) in [4.78, 5) is 12.2. The lowest BCUT2D eigenvalue weighted by atomic mass is 9.85. The molecule has 2 aromatic carbocycles. The highest BCUT2D eigenvalue weighted by atomic mass is 35.5. The minimum atomic E-state index is -0.397. The summed E-state index contributed by atoms with van der Waals surface area (Å²) in [6.07, 6.45) is 1.44. The molecule has 2 N–H and O–H groups in total. The minimum Gasteiger partial charge on any atom is -0.489 e. The first kappa shape index (κ1) is 15.1. The number of benzene rings is 2. The number of carbonyl (C=O) groups excluding carboxylic acids is 1. The van der Waals surface area contributed by atoms with Gasteiger partial charge in [0.25, 0.3) is 0 Å². The molecule has 1 unspecified atom stereocenters. The second kappa shape index (κ2) is 6.51. The molecular weight excluding hydrogens is 298 g/mol. The Morgan fingerprint density at radius 3 is 2.68 bits per heavy atom. The maximum absolute atomic E-state index is 12.2. The van der Waals surface area contributed by atoms with Gasteiger partial charge in [-0.05, 0) is 36.1 Å². The van der Waals surface area contributed by atoms with Gasteiger partial charge >= 0.3 is 0 Å². The zero-order valence-corrected chi connectivity index (χ0v) is 13.0. The van der Waals surface area contributed by atoms with Gasteiger partial charge in [-0.3, -0.25) is 4.79 Å². The van der Waals surface area contributed by atoms with Gasteiger partial charge in [-0.2, -0.15) is 0 Å². The SMILES string of the molecule is NC1CCc2c(ccc(OCc3ccccc3)c2CCl)C1=O. The number of ketones is 1. The van der Waals surface area contributed by atoms with Crippen LogP contribution in [0.5, 0.6) is 5.75 Å². The van der Waals surface area contributed by atoms with Gasteiger partial charge in [-0.1, -0.05) is 30.3 Å². The zero-order valence-electron chi connectivity index (χ0n) is 12.2. The van der Waals surface area contributed by atoms with Gasteiger partial charge in [-0.25, -0.2) is 0 Å². The maximum Gasteiger partial charge on any atom is 0.179 e. The van der Waals surface area contributed by atoms with Crippen LogP contribution in [-0.2, 0) is 18.9 Å². The number of halogens is 1. The van der Waals surface area contributed by atoms with Crippen LogP contribution in [0.4, 0.5) is 0 Å². The predicted molar refractivity (Wildman–Crippen MR) is 87.4 cm³/mol. The average Bonchev–Trinajstić information content (AvgIpc) is 2.56. The Morgan fingerprint density at radius 1 is 1.18 bits per heavy atom. The normalized spacial score (nSPS) is 17.2. The molecule has 3 rings (SSSR count). The van der Waals surface area contributed by atoms with E-state index in [2.05, 4.69) is 0 Å². The van der Waals surface area contributed by atoms with Crippen molar-refractivity contribution in [3.63, 3.8) is 0 Å². The smallest absolute Gasteiger partial charge is 0.179 e. The van der Waals surface area contributed by atoms with E-state index in [0.717, 1.165) is 28.9 Å². The number of rotatable bonds is 4. The number of Topliss-reactive ketones (excluding diaryl/α,β-unsaturated/α-hetero) is 1. The van der Waals surface area contributed by atoms with Gasteiger partial charge in [0.05, 0.1) is 11.9 Å². The lowest BCUT2D eigenvalue weighted by molar-refractivity contribution is 0.0948. The van der Waals surface area contributed by atoms with Crippen LogP contribution in [0, 0.1) is 0 Å². The number of fused-ring (bicyclic) bond motifs is 1. The fourth-order valence-electron chi connectivity index (χ4n) is 2.84. The Hall–Kier alpha value is -1.84.